The monoisotopic (exact) mass is 454 g/mol. The molecule has 3 aromatic carbocycles. The van der Waals surface area contributed by atoms with Crippen LogP contribution in [0.4, 0.5) is 13.2 Å². The first kappa shape index (κ1) is 24.1. The summed E-state index contributed by atoms with van der Waals surface area (Å²) in [6.45, 7) is 3.80. The molecule has 0 saturated heterocycles. The topological polar surface area (TPSA) is 35.5 Å². The van der Waals surface area contributed by atoms with Crippen LogP contribution in [0.2, 0.25) is 0 Å². The largest absolute Gasteiger partial charge is 0.462 e. The predicted octanol–water partition coefficient (Wildman–Crippen LogP) is 7.64. The molecule has 0 saturated carbocycles. The molecule has 172 valence electrons. The molecule has 0 N–H and O–H groups in total. The van der Waals surface area contributed by atoms with E-state index in [4.69, 9.17) is 9.47 Å². The van der Waals surface area contributed by atoms with Gasteiger partial charge in [-0.3, -0.25) is 0 Å². The number of aryl methyl sites for hydroxylation is 1. The van der Waals surface area contributed by atoms with Gasteiger partial charge >= 0.3 is 5.97 Å². The second-order valence-electron chi connectivity index (χ2n) is 7.52. The van der Waals surface area contributed by atoms with Crippen LogP contribution >= 0.6 is 0 Å². The molecule has 3 nitrogen and oxygen atoms in total. The van der Waals surface area contributed by atoms with Crippen molar-refractivity contribution in [3.8, 4) is 22.6 Å². The van der Waals surface area contributed by atoms with E-state index < -0.39 is 29.2 Å². The van der Waals surface area contributed by atoms with E-state index in [0.717, 1.165) is 37.5 Å². The number of hydrogen-bond donors (Lipinski definition) is 0. The summed E-state index contributed by atoms with van der Waals surface area (Å²) in [5.41, 5.74) is 2.07. The van der Waals surface area contributed by atoms with Crippen LogP contribution in [-0.2, 0) is 6.42 Å². The number of benzene rings is 3. The highest BCUT2D eigenvalue weighted by molar-refractivity contribution is 5.91. The van der Waals surface area contributed by atoms with Gasteiger partial charge in [0.15, 0.2) is 11.5 Å². The number of ether oxygens (including phenoxy) is 2. The second kappa shape index (κ2) is 11.4. The minimum absolute atomic E-state index is 0.124. The minimum atomic E-state index is -1.37. The maximum Gasteiger partial charge on any atom is 0.343 e. The van der Waals surface area contributed by atoms with Gasteiger partial charge in [0.1, 0.15) is 5.82 Å². The van der Waals surface area contributed by atoms with Crippen LogP contribution in [0.3, 0.4) is 0 Å². The lowest BCUT2D eigenvalue weighted by Crippen LogP contribution is -2.11. The quantitative estimate of drug-likeness (QED) is 0.144. The van der Waals surface area contributed by atoms with Crippen molar-refractivity contribution in [2.75, 3.05) is 0 Å². The fourth-order valence-corrected chi connectivity index (χ4v) is 3.29. The number of carbonyl (C=O) groups excluding carboxylic acids is 1. The Balaban J connectivity index is 1.73. The lowest BCUT2D eigenvalue weighted by molar-refractivity contribution is 0.0726. The first-order valence-electron chi connectivity index (χ1n) is 10.8. The molecule has 33 heavy (non-hydrogen) atoms. The number of rotatable bonds is 9. The third-order valence-corrected chi connectivity index (χ3v) is 5.08. The van der Waals surface area contributed by atoms with Gasteiger partial charge in [0, 0.05) is 5.56 Å². The number of esters is 1. The van der Waals surface area contributed by atoms with Crippen molar-refractivity contribution in [1.29, 1.82) is 0 Å². The number of carbonyl (C=O) groups is 1. The number of unbranched alkanes of at least 4 members (excludes halogenated alkanes) is 2. The highest BCUT2D eigenvalue weighted by Gasteiger charge is 2.19. The molecule has 0 aromatic heterocycles. The first-order valence-corrected chi connectivity index (χ1v) is 10.8. The summed E-state index contributed by atoms with van der Waals surface area (Å²) in [4.78, 5) is 12.4. The first-order chi connectivity index (χ1) is 15.9. The Morgan fingerprint density at radius 2 is 1.61 bits per heavy atom. The lowest BCUT2D eigenvalue weighted by atomic mass is 10.00. The number of hydrogen-bond acceptors (Lipinski definition) is 3. The van der Waals surface area contributed by atoms with E-state index in [-0.39, 0.29) is 11.3 Å². The SMILES string of the molecule is C/C=C/Oc1ccc(OC(=O)c2ccc(-c3ccc(CCCCC)cc3)c(F)c2)c(F)c1F. The standard InChI is InChI=1S/C27H25F3O3/c1-3-5-6-7-18-8-10-19(11-9-18)21-13-12-20(17-22(21)28)27(31)33-24-15-14-23(32-16-4-2)25(29)26(24)30/h4,8-17H,3,5-7H2,1-2H3/b16-4+. The van der Waals surface area contributed by atoms with Gasteiger partial charge < -0.3 is 9.47 Å². The molecular formula is C27H25F3O3. The predicted molar refractivity (Wildman–Crippen MR) is 122 cm³/mol. The Morgan fingerprint density at radius 3 is 2.27 bits per heavy atom. The normalized spacial score (nSPS) is 11.1. The van der Waals surface area contributed by atoms with Crippen molar-refractivity contribution in [2.45, 2.75) is 39.5 Å². The highest BCUT2D eigenvalue weighted by Crippen LogP contribution is 2.29. The molecule has 6 heteroatoms. The van der Waals surface area contributed by atoms with Gasteiger partial charge in [0.2, 0.25) is 11.6 Å². The lowest BCUT2D eigenvalue weighted by Gasteiger charge is -2.10. The summed E-state index contributed by atoms with van der Waals surface area (Å²) in [5.74, 6) is -5.26. The van der Waals surface area contributed by atoms with E-state index in [9.17, 15) is 18.0 Å². The average molecular weight is 454 g/mol. The Morgan fingerprint density at radius 1 is 0.909 bits per heavy atom. The van der Waals surface area contributed by atoms with Gasteiger partial charge in [0.05, 0.1) is 11.8 Å². The molecule has 0 aliphatic carbocycles. The van der Waals surface area contributed by atoms with E-state index in [1.807, 2.05) is 24.3 Å². The van der Waals surface area contributed by atoms with E-state index in [0.29, 0.717) is 11.1 Å². The van der Waals surface area contributed by atoms with Crippen LogP contribution in [0.5, 0.6) is 11.5 Å². The molecule has 0 amide bonds. The van der Waals surface area contributed by atoms with Crippen molar-refractivity contribution in [3.05, 3.63) is 95.5 Å². The van der Waals surface area contributed by atoms with Gasteiger partial charge in [-0.1, -0.05) is 56.2 Å². The number of allylic oxidation sites excluding steroid dienone is 1. The van der Waals surface area contributed by atoms with Crippen LogP contribution < -0.4 is 9.47 Å². The third kappa shape index (κ3) is 6.04. The van der Waals surface area contributed by atoms with Crippen molar-refractivity contribution < 1.29 is 27.4 Å². The van der Waals surface area contributed by atoms with Gasteiger partial charge in [-0.25, -0.2) is 9.18 Å². The van der Waals surface area contributed by atoms with E-state index in [2.05, 4.69) is 6.92 Å². The van der Waals surface area contributed by atoms with Crippen LogP contribution in [0.15, 0.2) is 66.9 Å². The summed E-state index contributed by atoms with van der Waals surface area (Å²) in [6, 6.07) is 13.7. The smallest absolute Gasteiger partial charge is 0.343 e. The molecule has 0 spiro atoms. The van der Waals surface area contributed by atoms with Crippen LogP contribution in [0, 0.1) is 17.5 Å². The molecule has 0 aliphatic rings. The molecule has 0 fully saturated rings. The molecule has 3 rings (SSSR count). The minimum Gasteiger partial charge on any atom is -0.462 e. The highest BCUT2D eigenvalue weighted by atomic mass is 19.2. The van der Waals surface area contributed by atoms with E-state index in [1.54, 1.807) is 6.92 Å². The number of halogens is 3. The second-order valence-corrected chi connectivity index (χ2v) is 7.52. The summed E-state index contributed by atoms with van der Waals surface area (Å²) in [7, 11) is 0. The zero-order chi connectivity index (χ0) is 23.8. The summed E-state index contributed by atoms with van der Waals surface area (Å²) < 4.78 is 52.9. The summed E-state index contributed by atoms with van der Waals surface area (Å²) >= 11 is 0. The van der Waals surface area contributed by atoms with E-state index >= 15 is 0 Å². The molecule has 0 radical (unpaired) electrons. The van der Waals surface area contributed by atoms with Crippen molar-refractivity contribution in [2.24, 2.45) is 0 Å². The zero-order valence-electron chi connectivity index (χ0n) is 18.5. The van der Waals surface area contributed by atoms with Crippen LogP contribution in [0.25, 0.3) is 11.1 Å². The Labute approximate surface area is 191 Å². The van der Waals surface area contributed by atoms with Crippen molar-refractivity contribution in [3.63, 3.8) is 0 Å². The van der Waals surface area contributed by atoms with Crippen LogP contribution in [-0.4, -0.2) is 5.97 Å². The van der Waals surface area contributed by atoms with Crippen molar-refractivity contribution >= 4 is 5.97 Å². The summed E-state index contributed by atoms with van der Waals surface area (Å²) in [5, 5.41) is 0. The van der Waals surface area contributed by atoms with Crippen molar-refractivity contribution in [1.82, 2.24) is 0 Å². The average Bonchev–Trinajstić information content (AvgIpc) is 2.82. The fraction of sp³-hybridized carbons (Fsp3) is 0.222. The van der Waals surface area contributed by atoms with Gasteiger partial charge in [-0.05, 0) is 55.2 Å². The maximum atomic E-state index is 14.7. The Hall–Kier alpha value is -3.54. The fourth-order valence-electron chi connectivity index (χ4n) is 3.29. The molecule has 0 unspecified atom stereocenters. The van der Waals surface area contributed by atoms with Gasteiger partial charge in [-0.2, -0.15) is 8.78 Å². The molecule has 0 heterocycles. The molecule has 0 bridgehead atoms. The maximum absolute atomic E-state index is 14.7. The molecular weight excluding hydrogens is 429 g/mol. The zero-order valence-corrected chi connectivity index (χ0v) is 18.5. The van der Waals surface area contributed by atoms with E-state index in [1.165, 1.54) is 36.5 Å². The Kier molecular flexibility index (Phi) is 8.30. The van der Waals surface area contributed by atoms with Crippen LogP contribution in [0.1, 0.15) is 49.0 Å². The third-order valence-electron chi connectivity index (χ3n) is 5.08. The Bertz CT molecular complexity index is 1140. The molecule has 3 aromatic rings. The van der Waals surface area contributed by atoms with Gasteiger partial charge in [0.25, 0.3) is 0 Å². The summed E-state index contributed by atoms with van der Waals surface area (Å²) in [6.07, 6.45) is 7.09. The van der Waals surface area contributed by atoms with Gasteiger partial charge in [-0.15, -0.1) is 0 Å². The molecule has 0 atom stereocenters. The molecule has 0 aliphatic heterocycles.